The number of aromatic amines is 1. The molecule has 1 saturated carbocycles. The van der Waals surface area contributed by atoms with Crippen LogP contribution in [0.5, 0.6) is 11.5 Å². The average Bonchev–Trinajstić information content (AvgIpc) is 3.45. The first-order chi connectivity index (χ1) is 16.3. The molecule has 1 aliphatic heterocycles. The van der Waals surface area contributed by atoms with Crippen LogP contribution in [0.4, 0.5) is 5.82 Å². The van der Waals surface area contributed by atoms with Gasteiger partial charge in [-0.2, -0.15) is 9.78 Å². The quantitative estimate of drug-likeness (QED) is 0.529. The Balaban J connectivity index is 1.35. The van der Waals surface area contributed by atoms with Crippen LogP contribution in [0.1, 0.15) is 62.9 Å². The molecule has 0 atom stereocenters. The van der Waals surface area contributed by atoms with Crippen molar-refractivity contribution in [2.75, 3.05) is 11.9 Å². The van der Waals surface area contributed by atoms with Crippen LogP contribution < -0.4 is 20.3 Å². The summed E-state index contributed by atoms with van der Waals surface area (Å²) < 4.78 is 13.3. The van der Waals surface area contributed by atoms with Crippen molar-refractivity contribution >= 4 is 11.7 Å². The molecule has 0 bridgehead atoms. The van der Waals surface area contributed by atoms with Crippen molar-refractivity contribution in [3.8, 4) is 17.4 Å². The van der Waals surface area contributed by atoms with Crippen LogP contribution in [-0.2, 0) is 17.6 Å². The van der Waals surface area contributed by atoms with Gasteiger partial charge in [0.25, 0.3) is 11.5 Å². The molecule has 0 unspecified atom stereocenters. The first-order valence-electron chi connectivity index (χ1n) is 11.8. The summed E-state index contributed by atoms with van der Waals surface area (Å²) in [4.78, 5) is 32.3. The second-order valence-electron chi connectivity index (χ2n) is 9.57. The molecule has 2 aliphatic rings. The monoisotopic (exact) mass is 463 g/mol. The number of fused-ring (bicyclic) bond motifs is 1. The Morgan fingerprint density at radius 3 is 2.91 bits per heavy atom. The third-order valence-corrected chi connectivity index (χ3v) is 5.89. The van der Waals surface area contributed by atoms with Crippen LogP contribution in [-0.4, -0.2) is 37.9 Å². The molecule has 178 valence electrons. The average molecular weight is 464 g/mol. The fraction of sp³-hybridized carbons (Fsp3) is 0.440. The van der Waals surface area contributed by atoms with Gasteiger partial charge in [-0.15, -0.1) is 0 Å². The van der Waals surface area contributed by atoms with E-state index in [0.717, 1.165) is 36.9 Å². The van der Waals surface area contributed by atoms with E-state index >= 15 is 0 Å². The summed E-state index contributed by atoms with van der Waals surface area (Å²) in [5.41, 5.74) is 2.07. The van der Waals surface area contributed by atoms with E-state index in [1.165, 1.54) is 10.7 Å². The molecule has 2 N–H and O–H groups in total. The molecule has 0 radical (unpaired) electrons. The summed E-state index contributed by atoms with van der Waals surface area (Å²) in [6.07, 6.45) is 4.46. The molecule has 9 heteroatoms. The highest BCUT2D eigenvalue weighted by molar-refractivity contribution is 5.91. The number of H-pyrrole nitrogens is 1. The maximum atomic E-state index is 12.8. The Hall–Kier alpha value is -3.62. The Morgan fingerprint density at radius 2 is 2.15 bits per heavy atom. The van der Waals surface area contributed by atoms with Crippen molar-refractivity contribution in [3.05, 3.63) is 57.6 Å². The summed E-state index contributed by atoms with van der Waals surface area (Å²) in [5, 5.41) is 7.50. The third kappa shape index (κ3) is 4.69. The van der Waals surface area contributed by atoms with Crippen LogP contribution in [0.25, 0.3) is 5.95 Å². The maximum Gasteiger partial charge on any atom is 0.263 e. The minimum absolute atomic E-state index is 0.190. The van der Waals surface area contributed by atoms with Gasteiger partial charge in [-0.25, -0.2) is 4.98 Å². The van der Waals surface area contributed by atoms with E-state index in [1.807, 2.05) is 39.0 Å². The number of rotatable bonds is 8. The molecule has 0 saturated heterocycles. The number of benzene rings is 1. The normalized spacial score (nSPS) is 16.1. The smallest absolute Gasteiger partial charge is 0.263 e. The SMILES string of the molecule is CCCc1cc(=O)[nH]c(-n2nc(C3CC3)cc2NC(=O)COc2cccc3c2OC(C)(C)C3)n1. The molecule has 3 heterocycles. The second kappa shape index (κ2) is 8.62. The summed E-state index contributed by atoms with van der Waals surface area (Å²) in [7, 11) is 0. The summed E-state index contributed by atoms with van der Waals surface area (Å²) in [6, 6.07) is 9.05. The van der Waals surface area contributed by atoms with Crippen LogP contribution in [0.2, 0.25) is 0 Å². The molecular formula is C25H29N5O4. The molecular weight excluding hydrogens is 434 g/mol. The molecule has 1 aromatic carbocycles. The topological polar surface area (TPSA) is 111 Å². The largest absolute Gasteiger partial charge is 0.483 e. The number of anilines is 1. The van der Waals surface area contributed by atoms with Crippen molar-refractivity contribution in [2.45, 2.75) is 64.4 Å². The summed E-state index contributed by atoms with van der Waals surface area (Å²) in [6.45, 7) is 5.89. The third-order valence-electron chi connectivity index (χ3n) is 5.89. The van der Waals surface area contributed by atoms with Gasteiger partial charge in [0.05, 0.1) is 5.69 Å². The van der Waals surface area contributed by atoms with Crippen molar-refractivity contribution in [2.24, 2.45) is 0 Å². The Kier molecular flexibility index (Phi) is 5.63. The predicted molar refractivity (Wildman–Crippen MR) is 127 cm³/mol. The predicted octanol–water partition coefficient (Wildman–Crippen LogP) is 3.52. The van der Waals surface area contributed by atoms with E-state index < -0.39 is 0 Å². The highest BCUT2D eigenvalue weighted by Crippen LogP contribution is 2.42. The molecule has 1 fully saturated rings. The highest BCUT2D eigenvalue weighted by Gasteiger charge is 2.32. The number of para-hydroxylation sites is 1. The van der Waals surface area contributed by atoms with Gasteiger partial charge < -0.3 is 14.8 Å². The number of carbonyl (C=O) groups is 1. The highest BCUT2D eigenvalue weighted by atomic mass is 16.5. The molecule has 0 spiro atoms. The lowest BCUT2D eigenvalue weighted by Gasteiger charge is -2.18. The zero-order valence-corrected chi connectivity index (χ0v) is 19.7. The standard InChI is InChI=1S/C25H29N5O4/c1-4-6-17-11-21(31)28-24(26-17)30-20(12-18(29-30)15-9-10-15)27-22(32)14-33-19-8-5-7-16-13-25(2,3)34-23(16)19/h5,7-8,11-12,15H,4,6,9-10,13-14H2,1-3H3,(H,27,32)(H,26,28,31). The molecule has 9 nitrogen and oxygen atoms in total. The van der Waals surface area contributed by atoms with E-state index in [-0.39, 0.29) is 29.6 Å². The molecule has 3 aromatic rings. The number of amides is 1. The van der Waals surface area contributed by atoms with Crippen LogP contribution >= 0.6 is 0 Å². The lowest BCUT2D eigenvalue weighted by atomic mass is 10.0. The number of hydrogen-bond donors (Lipinski definition) is 2. The molecule has 1 amide bonds. The van der Waals surface area contributed by atoms with Gasteiger partial charge in [0, 0.05) is 35.7 Å². The van der Waals surface area contributed by atoms with Gasteiger partial charge in [-0.3, -0.25) is 14.6 Å². The first kappa shape index (κ1) is 22.2. The van der Waals surface area contributed by atoms with Gasteiger partial charge >= 0.3 is 0 Å². The minimum atomic E-state index is -0.342. The van der Waals surface area contributed by atoms with E-state index in [4.69, 9.17) is 9.47 Å². The zero-order valence-electron chi connectivity index (χ0n) is 19.7. The van der Waals surface area contributed by atoms with Crippen molar-refractivity contribution in [1.29, 1.82) is 0 Å². The van der Waals surface area contributed by atoms with E-state index in [2.05, 4.69) is 20.4 Å². The fourth-order valence-electron chi connectivity index (χ4n) is 4.23. The first-order valence-corrected chi connectivity index (χ1v) is 11.8. The Morgan fingerprint density at radius 1 is 1.32 bits per heavy atom. The Bertz CT molecular complexity index is 1290. The second-order valence-corrected chi connectivity index (χ2v) is 9.57. The number of aryl methyl sites for hydroxylation is 1. The van der Waals surface area contributed by atoms with Crippen LogP contribution in [0, 0.1) is 0 Å². The number of nitrogens with one attached hydrogen (secondary N) is 2. The van der Waals surface area contributed by atoms with Gasteiger partial charge in [0.2, 0.25) is 5.95 Å². The lowest BCUT2D eigenvalue weighted by molar-refractivity contribution is -0.118. The van der Waals surface area contributed by atoms with Crippen molar-refractivity contribution in [3.63, 3.8) is 0 Å². The number of aromatic nitrogens is 4. The molecule has 1 aliphatic carbocycles. The van der Waals surface area contributed by atoms with Gasteiger partial charge in [-0.05, 0) is 39.2 Å². The lowest BCUT2D eigenvalue weighted by Crippen LogP contribution is -2.25. The van der Waals surface area contributed by atoms with Crippen LogP contribution in [0.3, 0.4) is 0 Å². The zero-order chi connectivity index (χ0) is 23.9. The van der Waals surface area contributed by atoms with Crippen LogP contribution in [0.15, 0.2) is 35.1 Å². The Labute approximate surface area is 197 Å². The van der Waals surface area contributed by atoms with Gasteiger partial charge in [0.1, 0.15) is 11.4 Å². The number of nitrogens with zero attached hydrogens (tertiary/aromatic N) is 3. The molecule has 5 rings (SSSR count). The van der Waals surface area contributed by atoms with Crippen molar-refractivity contribution < 1.29 is 14.3 Å². The van der Waals surface area contributed by atoms with E-state index in [0.29, 0.717) is 35.3 Å². The summed E-state index contributed by atoms with van der Waals surface area (Å²) >= 11 is 0. The maximum absolute atomic E-state index is 12.8. The van der Waals surface area contributed by atoms with E-state index in [9.17, 15) is 9.59 Å². The van der Waals surface area contributed by atoms with E-state index in [1.54, 1.807) is 6.07 Å². The van der Waals surface area contributed by atoms with Gasteiger partial charge in [-0.1, -0.05) is 25.5 Å². The molecule has 34 heavy (non-hydrogen) atoms. The minimum Gasteiger partial charge on any atom is -0.483 e. The number of hydrogen-bond acceptors (Lipinski definition) is 6. The fourth-order valence-corrected chi connectivity index (χ4v) is 4.23. The van der Waals surface area contributed by atoms with Gasteiger partial charge in [0.15, 0.2) is 18.1 Å². The van der Waals surface area contributed by atoms with Crippen molar-refractivity contribution in [1.82, 2.24) is 19.7 Å². The molecule has 2 aromatic heterocycles. The number of carbonyl (C=O) groups excluding carboxylic acids is 1. The summed E-state index contributed by atoms with van der Waals surface area (Å²) in [5.74, 6) is 2.00. The number of ether oxygens (including phenoxy) is 2.